The minimum absolute atomic E-state index is 0.613. The molecule has 3 nitrogen and oxygen atoms in total. The first-order valence-corrected chi connectivity index (χ1v) is 5.82. The van der Waals surface area contributed by atoms with Gasteiger partial charge in [-0.25, -0.2) is 4.98 Å². The van der Waals surface area contributed by atoms with Crippen LogP contribution in [0.3, 0.4) is 0 Å². The van der Waals surface area contributed by atoms with E-state index >= 15 is 0 Å². The number of aromatic nitrogens is 1. The quantitative estimate of drug-likeness (QED) is 0.861. The first kappa shape index (κ1) is 10.7. The van der Waals surface area contributed by atoms with Crippen LogP contribution in [0, 0.1) is 11.3 Å². The molecule has 16 heavy (non-hydrogen) atoms. The fourth-order valence-electron chi connectivity index (χ4n) is 1.51. The summed E-state index contributed by atoms with van der Waals surface area (Å²) in [5, 5.41) is 10.7. The molecule has 4 heteroatoms. The van der Waals surface area contributed by atoms with Crippen molar-refractivity contribution in [2.24, 2.45) is 0 Å². The summed E-state index contributed by atoms with van der Waals surface area (Å²) >= 11 is 1.49. The van der Waals surface area contributed by atoms with Crippen LogP contribution in [-0.4, -0.2) is 4.98 Å². The van der Waals surface area contributed by atoms with Gasteiger partial charge in [0.2, 0.25) is 0 Å². The molecule has 80 valence electrons. The summed E-state index contributed by atoms with van der Waals surface area (Å²) in [4.78, 5) is 4.45. The van der Waals surface area contributed by atoms with Crippen LogP contribution < -0.4 is 5.73 Å². The molecule has 0 aliphatic rings. The monoisotopic (exact) mass is 229 g/mol. The molecule has 2 rings (SSSR count). The second-order valence-electron chi connectivity index (χ2n) is 3.33. The highest BCUT2D eigenvalue weighted by atomic mass is 32.1. The van der Waals surface area contributed by atoms with Gasteiger partial charge in [0.15, 0.2) is 0 Å². The number of nitrogen functional groups attached to an aromatic ring is 1. The van der Waals surface area contributed by atoms with Crippen LogP contribution in [0.15, 0.2) is 24.3 Å². The van der Waals surface area contributed by atoms with E-state index in [0.717, 1.165) is 22.7 Å². The zero-order valence-electron chi connectivity index (χ0n) is 8.90. The Morgan fingerprint density at radius 1 is 1.44 bits per heavy atom. The van der Waals surface area contributed by atoms with Crippen molar-refractivity contribution in [2.45, 2.75) is 13.3 Å². The van der Waals surface area contributed by atoms with Crippen molar-refractivity contribution in [2.75, 3.05) is 5.73 Å². The van der Waals surface area contributed by atoms with E-state index in [-0.39, 0.29) is 0 Å². The molecule has 2 N–H and O–H groups in total. The zero-order chi connectivity index (χ0) is 11.5. The van der Waals surface area contributed by atoms with Gasteiger partial charge in [-0.2, -0.15) is 5.26 Å². The van der Waals surface area contributed by atoms with Crippen molar-refractivity contribution in [3.05, 3.63) is 34.8 Å². The smallest absolute Gasteiger partial charge is 0.114 e. The molecule has 0 saturated heterocycles. The lowest BCUT2D eigenvalue weighted by Crippen LogP contribution is -1.89. The van der Waals surface area contributed by atoms with Gasteiger partial charge < -0.3 is 5.73 Å². The van der Waals surface area contributed by atoms with E-state index in [2.05, 4.69) is 11.1 Å². The number of aryl methyl sites for hydroxylation is 1. The number of nitrogens with zero attached hydrogens (tertiary/aromatic N) is 2. The highest BCUT2D eigenvalue weighted by Crippen LogP contribution is 2.32. The Kier molecular flexibility index (Phi) is 2.88. The van der Waals surface area contributed by atoms with Gasteiger partial charge in [-0.3, -0.25) is 0 Å². The number of nitrogens with two attached hydrogens (primary N) is 1. The second-order valence-corrected chi connectivity index (χ2v) is 4.45. The van der Waals surface area contributed by atoms with Crippen molar-refractivity contribution < 1.29 is 0 Å². The molecule has 1 aromatic carbocycles. The van der Waals surface area contributed by atoms with Gasteiger partial charge in [-0.15, -0.1) is 11.3 Å². The van der Waals surface area contributed by atoms with Crippen LogP contribution in [0.2, 0.25) is 0 Å². The lowest BCUT2D eigenvalue weighted by Gasteiger charge is -2.00. The molecule has 0 fully saturated rings. The molecule has 0 aliphatic heterocycles. The van der Waals surface area contributed by atoms with Crippen molar-refractivity contribution in [3.8, 4) is 17.3 Å². The lowest BCUT2D eigenvalue weighted by molar-refractivity contribution is 1.10. The van der Waals surface area contributed by atoms with E-state index < -0.39 is 0 Å². The van der Waals surface area contributed by atoms with Gasteiger partial charge >= 0.3 is 0 Å². The summed E-state index contributed by atoms with van der Waals surface area (Å²) in [7, 11) is 0. The average Bonchev–Trinajstić information content (AvgIpc) is 2.70. The Morgan fingerprint density at radius 2 is 2.19 bits per heavy atom. The summed E-state index contributed by atoms with van der Waals surface area (Å²) < 4.78 is 0. The first-order chi connectivity index (χ1) is 7.76. The number of hydrogen-bond acceptors (Lipinski definition) is 4. The maximum Gasteiger partial charge on any atom is 0.114 e. The van der Waals surface area contributed by atoms with E-state index in [9.17, 15) is 0 Å². The Morgan fingerprint density at radius 3 is 2.81 bits per heavy atom. The van der Waals surface area contributed by atoms with Crippen LogP contribution in [0.25, 0.3) is 11.3 Å². The third-order valence-electron chi connectivity index (χ3n) is 2.30. The molecule has 0 bridgehead atoms. The largest absolute Gasteiger partial charge is 0.389 e. The second kappa shape index (κ2) is 4.33. The summed E-state index contributed by atoms with van der Waals surface area (Å²) in [6.45, 7) is 2.04. The van der Waals surface area contributed by atoms with Gasteiger partial charge in [-0.1, -0.05) is 25.1 Å². The molecule has 1 aromatic heterocycles. The molecule has 0 saturated carbocycles. The minimum atomic E-state index is 0.613. The van der Waals surface area contributed by atoms with Gasteiger partial charge in [0.1, 0.15) is 10.7 Å². The normalized spacial score (nSPS) is 10.0. The molecule has 0 spiro atoms. The molecule has 0 amide bonds. The molecule has 0 radical (unpaired) electrons. The predicted octanol–water partition coefficient (Wildman–Crippen LogP) is 2.83. The van der Waals surface area contributed by atoms with Gasteiger partial charge in [0.25, 0.3) is 0 Å². The molecule has 0 unspecified atom stereocenters. The lowest BCUT2D eigenvalue weighted by atomic mass is 10.1. The maximum atomic E-state index is 9.02. The van der Waals surface area contributed by atoms with Crippen LogP contribution in [0.5, 0.6) is 0 Å². The predicted molar refractivity (Wildman–Crippen MR) is 66.1 cm³/mol. The van der Waals surface area contributed by atoms with E-state index in [1.54, 1.807) is 6.07 Å². The van der Waals surface area contributed by atoms with Crippen LogP contribution in [0.4, 0.5) is 5.00 Å². The number of thiazole rings is 1. The highest BCUT2D eigenvalue weighted by Gasteiger charge is 2.12. The zero-order valence-corrected chi connectivity index (χ0v) is 9.71. The fourth-order valence-corrected chi connectivity index (χ4v) is 2.30. The number of benzene rings is 1. The molecular weight excluding hydrogens is 218 g/mol. The van der Waals surface area contributed by atoms with E-state index in [0.29, 0.717) is 10.6 Å². The third kappa shape index (κ3) is 1.77. The highest BCUT2D eigenvalue weighted by molar-refractivity contribution is 7.16. The van der Waals surface area contributed by atoms with E-state index in [1.165, 1.54) is 11.3 Å². The molecule has 0 atom stereocenters. The number of hydrogen-bond donors (Lipinski definition) is 1. The Labute approximate surface area is 98.2 Å². The average molecular weight is 229 g/mol. The third-order valence-corrected chi connectivity index (χ3v) is 3.33. The van der Waals surface area contributed by atoms with Crippen molar-refractivity contribution in [3.63, 3.8) is 0 Å². The van der Waals surface area contributed by atoms with E-state index in [1.807, 2.05) is 25.1 Å². The molecule has 0 aliphatic carbocycles. The number of anilines is 1. The maximum absolute atomic E-state index is 9.02. The summed E-state index contributed by atoms with van der Waals surface area (Å²) in [5.74, 6) is 0. The Balaban J connectivity index is 2.59. The van der Waals surface area contributed by atoms with Crippen molar-refractivity contribution >= 4 is 16.3 Å². The van der Waals surface area contributed by atoms with Gasteiger partial charge in [-0.05, 0) is 12.5 Å². The van der Waals surface area contributed by atoms with Gasteiger partial charge in [0, 0.05) is 5.56 Å². The Bertz CT molecular complexity index is 552. The van der Waals surface area contributed by atoms with E-state index in [4.69, 9.17) is 11.0 Å². The number of rotatable bonds is 2. The van der Waals surface area contributed by atoms with Crippen LogP contribution in [0.1, 0.15) is 17.5 Å². The topological polar surface area (TPSA) is 62.7 Å². The molecular formula is C12H11N3S. The number of nitriles is 1. The van der Waals surface area contributed by atoms with Crippen molar-refractivity contribution in [1.82, 2.24) is 4.98 Å². The fraction of sp³-hybridized carbons (Fsp3) is 0.167. The SMILES string of the molecule is CCc1nc(-c2ccccc2C#N)c(N)s1. The van der Waals surface area contributed by atoms with Crippen molar-refractivity contribution in [1.29, 1.82) is 5.26 Å². The Hall–Kier alpha value is -1.86. The summed E-state index contributed by atoms with van der Waals surface area (Å²) in [6, 6.07) is 9.54. The molecule has 2 aromatic rings. The summed E-state index contributed by atoms with van der Waals surface area (Å²) in [5.41, 5.74) is 8.09. The first-order valence-electron chi connectivity index (χ1n) is 5.01. The molecule has 1 heterocycles. The minimum Gasteiger partial charge on any atom is -0.389 e. The standard InChI is InChI=1S/C12H11N3S/c1-2-10-15-11(12(14)16-10)9-6-4-3-5-8(9)7-13/h3-6H,2,14H2,1H3. The van der Waals surface area contributed by atoms with Crippen LogP contribution >= 0.6 is 11.3 Å². The van der Waals surface area contributed by atoms with Crippen LogP contribution in [-0.2, 0) is 6.42 Å². The summed E-state index contributed by atoms with van der Waals surface area (Å²) in [6.07, 6.45) is 0.865. The van der Waals surface area contributed by atoms with Gasteiger partial charge in [0.05, 0.1) is 16.6 Å².